The molecule has 0 saturated heterocycles. The van der Waals surface area contributed by atoms with Gasteiger partial charge in [-0.25, -0.2) is 4.68 Å². The molecule has 3 aromatic rings. The molecule has 0 radical (unpaired) electrons. The first kappa shape index (κ1) is 18.9. The first-order valence-corrected chi connectivity index (χ1v) is 8.78. The summed E-state index contributed by atoms with van der Waals surface area (Å²) < 4.78 is 6.80. The quantitative estimate of drug-likeness (QED) is 0.555. The van der Waals surface area contributed by atoms with Gasteiger partial charge in [-0.15, -0.1) is 0 Å². The van der Waals surface area contributed by atoms with E-state index in [1.54, 1.807) is 24.3 Å². The molecule has 134 valence electrons. The highest BCUT2D eigenvalue weighted by molar-refractivity contribution is 6.40. The summed E-state index contributed by atoms with van der Waals surface area (Å²) in [6, 6.07) is 9.75. The number of benzene rings is 2. The van der Waals surface area contributed by atoms with E-state index in [1.807, 2.05) is 0 Å². The number of rotatable bonds is 5. The molecule has 0 fully saturated rings. The van der Waals surface area contributed by atoms with E-state index in [9.17, 15) is 4.79 Å². The number of hydrogen-bond donors (Lipinski definition) is 1. The Labute approximate surface area is 169 Å². The second-order valence-electron chi connectivity index (χ2n) is 5.22. The van der Waals surface area contributed by atoms with E-state index < -0.39 is 0 Å². The third-order valence-electron chi connectivity index (χ3n) is 3.50. The Balaban J connectivity index is 1.82. The van der Waals surface area contributed by atoms with Crippen molar-refractivity contribution in [1.29, 1.82) is 0 Å². The van der Waals surface area contributed by atoms with Crippen molar-refractivity contribution in [2.24, 2.45) is 0 Å². The number of aromatic nitrogens is 2. The number of nitrogens with zero attached hydrogens (tertiary/aromatic N) is 2. The van der Waals surface area contributed by atoms with Crippen molar-refractivity contribution in [2.75, 3.05) is 12.3 Å². The van der Waals surface area contributed by atoms with Gasteiger partial charge >= 0.3 is 0 Å². The summed E-state index contributed by atoms with van der Waals surface area (Å²) >= 11 is 24.3. The van der Waals surface area contributed by atoms with Crippen molar-refractivity contribution < 1.29 is 9.53 Å². The third-order valence-corrected chi connectivity index (χ3v) is 4.62. The second kappa shape index (κ2) is 7.76. The number of carbonyl (C=O) groups excluding carboxylic acids is 1. The predicted molar refractivity (Wildman–Crippen MR) is 104 cm³/mol. The maximum atomic E-state index is 12.2. The lowest BCUT2D eigenvalue weighted by molar-refractivity contribution is 0.0922. The molecule has 0 amide bonds. The van der Waals surface area contributed by atoms with Crippen molar-refractivity contribution >= 4 is 58.0 Å². The van der Waals surface area contributed by atoms with Crippen molar-refractivity contribution in [3.05, 3.63) is 68.2 Å². The monoisotopic (exact) mass is 429 g/mol. The fraction of sp³-hybridized carbons (Fsp3) is 0.0588. The molecule has 26 heavy (non-hydrogen) atoms. The SMILES string of the molecule is Nc1c(OCC(=O)c2ccccc2Cl)cnn1-c1c(Cl)cc(Cl)cc1Cl. The molecule has 5 nitrogen and oxygen atoms in total. The Morgan fingerprint density at radius 1 is 1.08 bits per heavy atom. The van der Waals surface area contributed by atoms with Gasteiger partial charge in [0.1, 0.15) is 5.69 Å². The molecule has 0 aliphatic rings. The maximum absolute atomic E-state index is 12.2. The number of ketones is 1. The van der Waals surface area contributed by atoms with Gasteiger partial charge in [0.05, 0.1) is 21.3 Å². The van der Waals surface area contributed by atoms with Gasteiger partial charge in [0.2, 0.25) is 5.78 Å². The molecule has 1 aromatic heterocycles. The predicted octanol–water partition coefficient (Wildman–Crippen LogP) is 5.33. The standard InChI is InChI=1S/C17H11Cl4N3O2/c18-9-5-12(20)16(13(21)6-9)24-17(22)15(7-23-24)26-8-14(25)10-3-1-2-4-11(10)19/h1-7H,8,22H2. The third kappa shape index (κ3) is 3.76. The molecular weight excluding hydrogens is 420 g/mol. The van der Waals surface area contributed by atoms with Crippen LogP contribution in [0, 0.1) is 0 Å². The van der Waals surface area contributed by atoms with Gasteiger partial charge in [-0.05, 0) is 24.3 Å². The van der Waals surface area contributed by atoms with Crippen LogP contribution in [0.1, 0.15) is 10.4 Å². The van der Waals surface area contributed by atoms with Crippen molar-refractivity contribution in [1.82, 2.24) is 9.78 Å². The molecule has 9 heteroatoms. The smallest absolute Gasteiger partial charge is 0.201 e. The molecule has 0 aliphatic carbocycles. The van der Waals surface area contributed by atoms with E-state index in [1.165, 1.54) is 23.0 Å². The molecule has 2 aromatic carbocycles. The summed E-state index contributed by atoms with van der Waals surface area (Å²) in [4.78, 5) is 12.2. The zero-order valence-electron chi connectivity index (χ0n) is 13.0. The topological polar surface area (TPSA) is 70.1 Å². The Kier molecular flexibility index (Phi) is 5.63. The van der Waals surface area contributed by atoms with Crippen molar-refractivity contribution in [2.45, 2.75) is 0 Å². The summed E-state index contributed by atoms with van der Waals surface area (Å²) in [5, 5.41) is 5.41. The maximum Gasteiger partial charge on any atom is 0.201 e. The van der Waals surface area contributed by atoms with Gasteiger partial charge in [0, 0.05) is 10.6 Å². The van der Waals surface area contributed by atoms with Crippen LogP contribution in [-0.2, 0) is 0 Å². The van der Waals surface area contributed by atoms with Crippen LogP contribution in [0.2, 0.25) is 20.1 Å². The summed E-state index contributed by atoms with van der Waals surface area (Å²) in [7, 11) is 0. The lowest BCUT2D eigenvalue weighted by Gasteiger charge is -2.10. The molecule has 3 rings (SSSR count). The zero-order valence-corrected chi connectivity index (χ0v) is 16.1. The molecule has 0 spiro atoms. The molecule has 0 unspecified atom stereocenters. The lowest BCUT2D eigenvalue weighted by atomic mass is 10.1. The van der Waals surface area contributed by atoms with E-state index in [-0.39, 0.29) is 34.0 Å². The largest absolute Gasteiger partial charge is 0.480 e. The number of carbonyl (C=O) groups is 1. The zero-order chi connectivity index (χ0) is 18.8. The van der Waals surface area contributed by atoms with Crippen LogP contribution in [0.3, 0.4) is 0 Å². The van der Waals surface area contributed by atoms with Crippen LogP contribution in [0.4, 0.5) is 5.82 Å². The highest BCUT2D eigenvalue weighted by Crippen LogP contribution is 2.35. The van der Waals surface area contributed by atoms with Gasteiger partial charge in [-0.2, -0.15) is 5.10 Å². The summed E-state index contributed by atoms with van der Waals surface area (Å²) in [5.74, 6) is 0.0703. The molecule has 0 bridgehead atoms. The van der Waals surface area contributed by atoms with Gasteiger partial charge < -0.3 is 10.5 Å². The average molecular weight is 431 g/mol. The van der Waals surface area contributed by atoms with E-state index in [0.717, 1.165) is 0 Å². The molecule has 0 atom stereocenters. The summed E-state index contributed by atoms with van der Waals surface area (Å²) in [5.41, 5.74) is 6.78. The summed E-state index contributed by atoms with van der Waals surface area (Å²) in [6.45, 7) is -0.248. The highest BCUT2D eigenvalue weighted by atomic mass is 35.5. The number of nitrogen functional groups attached to an aromatic ring is 1. The van der Waals surface area contributed by atoms with Crippen molar-refractivity contribution in [3.63, 3.8) is 0 Å². The molecule has 2 N–H and O–H groups in total. The van der Waals surface area contributed by atoms with Gasteiger partial charge in [0.25, 0.3) is 0 Å². The van der Waals surface area contributed by atoms with E-state index >= 15 is 0 Å². The lowest BCUT2D eigenvalue weighted by Crippen LogP contribution is -2.13. The minimum absolute atomic E-state index is 0.142. The van der Waals surface area contributed by atoms with Gasteiger partial charge in [-0.1, -0.05) is 58.5 Å². The number of hydrogen-bond acceptors (Lipinski definition) is 4. The Morgan fingerprint density at radius 2 is 1.73 bits per heavy atom. The van der Waals surface area contributed by atoms with Gasteiger partial charge in [0.15, 0.2) is 18.2 Å². The number of Topliss-reactive ketones (excluding diaryl/α,β-unsaturated/α-hetero) is 1. The number of anilines is 1. The van der Waals surface area contributed by atoms with Crippen LogP contribution in [0.5, 0.6) is 5.75 Å². The first-order chi connectivity index (χ1) is 12.4. The van der Waals surface area contributed by atoms with Crippen LogP contribution in [0.25, 0.3) is 5.69 Å². The van der Waals surface area contributed by atoms with E-state index in [0.29, 0.717) is 21.3 Å². The molecule has 1 heterocycles. The van der Waals surface area contributed by atoms with Crippen LogP contribution < -0.4 is 10.5 Å². The average Bonchev–Trinajstić information content (AvgIpc) is 2.93. The van der Waals surface area contributed by atoms with E-state index in [4.69, 9.17) is 56.9 Å². The Hall–Kier alpha value is -1.92. The minimum Gasteiger partial charge on any atom is -0.480 e. The number of ether oxygens (including phenoxy) is 1. The van der Waals surface area contributed by atoms with Crippen molar-refractivity contribution in [3.8, 4) is 11.4 Å². The fourth-order valence-electron chi connectivity index (χ4n) is 2.28. The summed E-state index contributed by atoms with van der Waals surface area (Å²) in [6.07, 6.45) is 1.37. The van der Waals surface area contributed by atoms with Crippen LogP contribution in [0.15, 0.2) is 42.6 Å². The second-order valence-corrected chi connectivity index (χ2v) is 6.87. The normalized spacial score (nSPS) is 10.8. The van der Waals surface area contributed by atoms with Crippen LogP contribution in [-0.4, -0.2) is 22.2 Å². The molecular formula is C17H11Cl4N3O2. The van der Waals surface area contributed by atoms with Crippen LogP contribution >= 0.6 is 46.4 Å². The number of nitrogens with two attached hydrogens (primary N) is 1. The minimum atomic E-state index is -0.287. The molecule has 0 aliphatic heterocycles. The number of halogens is 4. The Bertz CT molecular complexity index is 965. The first-order valence-electron chi connectivity index (χ1n) is 7.27. The highest BCUT2D eigenvalue weighted by Gasteiger charge is 2.18. The fourth-order valence-corrected chi connectivity index (χ4v) is 3.50. The molecule has 0 saturated carbocycles. The Morgan fingerprint density at radius 3 is 2.38 bits per heavy atom. The van der Waals surface area contributed by atoms with Gasteiger partial charge in [-0.3, -0.25) is 4.79 Å². The van der Waals surface area contributed by atoms with E-state index in [2.05, 4.69) is 5.10 Å².